The van der Waals surface area contributed by atoms with Gasteiger partial charge >= 0.3 is 0 Å². The zero-order valence-corrected chi connectivity index (χ0v) is 11.4. The number of hydrogen-bond acceptors (Lipinski definition) is 3. The van der Waals surface area contributed by atoms with Gasteiger partial charge in [-0.05, 0) is 32.6 Å². The number of nitrogens with zero attached hydrogens (tertiary/aromatic N) is 2. The van der Waals surface area contributed by atoms with Crippen LogP contribution in [0.15, 0.2) is 17.1 Å². The average Bonchev–Trinajstić information content (AvgIpc) is 2.33. The van der Waals surface area contributed by atoms with Gasteiger partial charge in [0.2, 0.25) is 0 Å². The van der Waals surface area contributed by atoms with Gasteiger partial charge in [0.05, 0.1) is 11.9 Å². The summed E-state index contributed by atoms with van der Waals surface area (Å²) in [6.45, 7) is 4.88. The van der Waals surface area contributed by atoms with Gasteiger partial charge in [0.25, 0.3) is 5.56 Å². The first-order chi connectivity index (χ1) is 8.65. The van der Waals surface area contributed by atoms with Crippen molar-refractivity contribution in [2.45, 2.75) is 58.5 Å². The molecule has 2 rings (SSSR count). The van der Waals surface area contributed by atoms with E-state index in [1.165, 1.54) is 32.1 Å². The van der Waals surface area contributed by atoms with Crippen molar-refractivity contribution in [3.8, 4) is 0 Å². The molecule has 4 nitrogen and oxygen atoms in total. The van der Waals surface area contributed by atoms with Crippen LogP contribution < -0.4 is 10.9 Å². The number of hydrogen-bond donors (Lipinski definition) is 1. The minimum Gasteiger partial charge on any atom is -0.381 e. The highest BCUT2D eigenvalue weighted by Gasteiger charge is 2.15. The molecule has 0 bridgehead atoms. The van der Waals surface area contributed by atoms with Crippen LogP contribution >= 0.6 is 0 Å². The molecule has 1 aromatic heterocycles. The van der Waals surface area contributed by atoms with Gasteiger partial charge in [-0.15, -0.1) is 0 Å². The Morgan fingerprint density at radius 1 is 1.39 bits per heavy atom. The molecule has 0 amide bonds. The van der Waals surface area contributed by atoms with E-state index in [1.807, 2.05) is 13.8 Å². The van der Waals surface area contributed by atoms with E-state index in [9.17, 15) is 4.79 Å². The van der Waals surface area contributed by atoms with E-state index >= 15 is 0 Å². The lowest BCUT2D eigenvalue weighted by molar-refractivity contribution is 0.302. The Morgan fingerprint density at radius 3 is 2.72 bits per heavy atom. The van der Waals surface area contributed by atoms with Crippen LogP contribution in [0.2, 0.25) is 0 Å². The highest BCUT2D eigenvalue weighted by atomic mass is 16.1. The Labute approximate surface area is 108 Å². The fourth-order valence-corrected chi connectivity index (χ4v) is 2.60. The second kappa shape index (κ2) is 6.03. The van der Waals surface area contributed by atoms with Gasteiger partial charge in [0.1, 0.15) is 0 Å². The van der Waals surface area contributed by atoms with E-state index in [4.69, 9.17) is 0 Å². The quantitative estimate of drug-likeness (QED) is 0.892. The molecule has 1 heterocycles. The number of anilines is 1. The van der Waals surface area contributed by atoms with Crippen molar-refractivity contribution < 1.29 is 0 Å². The number of rotatable bonds is 4. The van der Waals surface area contributed by atoms with Gasteiger partial charge in [-0.3, -0.25) is 4.79 Å². The van der Waals surface area contributed by atoms with Gasteiger partial charge in [0, 0.05) is 18.7 Å². The minimum atomic E-state index is 0.00576. The second-order valence-corrected chi connectivity index (χ2v) is 5.57. The zero-order valence-electron chi connectivity index (χ0n) is 11.4. The first kappa shape index (κ1) is 13.1. The standard InChI is InChI=1S/C14H23N3O/c1-11(2)16-13-8-14(18)17(15-9-13)10-12-6-4-3-5-7-12/h8-9,11-12,16H,3-7,10H2,1-2H3. The largest absolute Gasteiger partial charge is 0.381 e. The highest BCUT2D eigenvalue weighted by molar-refractivity contribution is 5.39. The van der Waals surface area contributed by atoms with Gasteiger partial charge in [-0.1, -0.05) is 19.3 Å². The first-order valence-corrected chi connectivity index (χ1v) is 6.99. The van der Waals surface area contributed by atoms with E-state index < -0.39 is 0 Å². The smallest absolute Gasteiger partial charge is 0.268 e. The number of nitrogens with one attached hydrogen (secondary N) is 1. The summed E-state index contributed by atoms with van der Waals surface area (Å²) in [6.07, 6.45) is 8.17. The molecule has 0 saturated heterocycles. The van der Waals surface area contributed by atoms with Crippen molar-refractivity contribution in [2.24, 2.45) is 5.92 Å². The third kappa shape index (κ3) is 3.59. The van der Waals surface area contributed by atoms with E-state index in [0.717, 1.165) is 12.2 Å². The Kier molecular flexibility index (Phi) is 4.39. The molecule has 4 heteroatoms. The summed E-state index contributed by atoms with van der Waals surface area (Å²) < 4.78 is 1.61. The van der Waals surface area contributed by atoms with Crippen LogP contribution in [-0.2, 0) is 6.54 Å². The predicted octanol–water partition coefficient (Wildman–Crippen LogP) is 2.64. The summed E-state index contributed by atoms with van der Waals surface area (Å²) in [5.41, 5.74) is 0.820. The molecule has 1 fully saturated rings. The molecule has 1 aliphatic carbocycles. The minimum absolute atomic E-state index is 0.00576. The monoisotopic (exact) mass is 249 g/mol. The van der Waals surface area contributed by atoms with E-state index in [1.54, 1.807) is 16.9 Å². The van der Waals surface area contributed by atoms with E-state index in [2.05, 4.69) is 10.4 Å². The Balaban J connectivity index is 2.02. The lowest BCUT2D eigenvalue weighted by Gasteiger charge is -2.21. The summed E-state index contributed by atoms with van der Waals surface area (Å²) in [6, 6.07) is 1.97. The zero-order chi connectivity index (χ0) is 13.0. The topological polar surface area (TPSA) is 46.9 Å². The van der Waals surface area contributed by atoms with Crippen molar-refractivity contribution in [1.29, 1.82) is 0 Å². The molecule has 0 radical (unpaired) electrons. The average molecular weight is 249 g/mol. The molecule has 1 aliphatic rings. The van der Waals surface area contributed by atoms with Crippen molar-refractivity contribution >= 4 is 5.69 Å². The normalized spacial score (nSPS) is 17.1. The molecular formula is C14H23N3O. The van der Waals surface area contributed by atoms with E-state index in [-0.39, 0.29) is 5.56 Å². The van der Waals surface area contributed by atoms with Crippen molar-refractivity contribution in [3.63, 3.8) is 0 Å². The molecule has 1 saturated carbocycles. The summed E-state index contributed by atoms with van der Waals surface area (Å²) in [4.78, 5) is 12.0. The fourth-order valence-electron chi connectivity index (χ4n) is 2.60. The predicted molar refractivity (Wildman–Crippen MR) is 73.8 cm³/mol. The van der Waals surface area contributed by atoms with Gasteiger partial charge in [-0.25, -0.2) is 4.68 Å². The lowest BCUT2D eigenvalue weighted by Crippen LogP contribution is -2.27. The van der Waals surface area contributed by atoms with Gasteiger partial charge in [-0.2, -0.15) is 5.10 Å². The Morgan fingerprint density at radius 2 is 2.11 bits per heavy atom. The first-order valence-electron chi connectivity index (χ1n) is 6.99. The molecule has 0 atom stereocenters. The van der Waals surface area contributed by atoms with E-state index in [0.29, 0.717) is 12.0 Å². The molecule has 0 spiro atoms. The van der Waals surface area contributed by atoms with Crippen LogP contribution in [0.3, 0.4) is 0 Å². The molecule has 18 heavy (non-hydrogen) atoms. The summed E-state index contributed by atoms with van der Waals surface area (Å²) in [7, 11) is 0. The maximum atomic E-state index is 12.0. The molecule has 0 unspecified atom stereocenters. The van der Waals surface area contributed by atoms with Crippen LogP contribution in [0.5, 0.6) is 0 Å². The molecule has 1 N–H and O–H groups in total. The Bertz CT molecular complexity index is 433. The van der Waals surface area contributed by atoms with Crippen molar-refractivity contribution in [1.82, 2.24) is 9.78 Å². The molecule has 1 aromatic rings. The van der Waals surface area contributed by atoms with Crippen LogP contribution in [0.4, 0.5) is 5.69 Å². The molecular weight excluding hydrogens is 226 g/mol. The van der Waals surface area contributed by atoms with Gasteiger partial charge in [0.15, 0.2) is 0 Å². The summed E-state index contributed by atoms with van der Waals surface area (Å²) in [5.74, 6) is 0.632. The fraction of sp³-hybridized carbons (Fsp3) is 0.714. The van der Waals surface area contributed by atoms with Gasteiger partial charge < -0.3 is 5.32 Å². The highest BCUT2D eigenvalue weighted by Crippen LogP contribution is 2.24. The van der Waals surface area contributed by atoms with Crippen LogP contribution in [0.1, 0.15) is 46.0 Å². The molecule has 0 aromatic carbocycles. The summed E-state index contributed by atoms with van der Waals surface area (Å²) >= 11 is 0. The third-order valence-corrected chi connectivity index (χ3v) is 3.48. The third-order valence-electron chi connectivity index (χ3n) is 3.48. The summed E-state index contributed by atoms with van der Waals surface area (Å²) in [5, 5.41) is 7.47. The maximum absolute atomic E-state index is 12.0. The van der Waals surface area contributed by atoms with Crippen LogP contribution in [0, 0.1) is 5.92 Å². The Hall–Kier alpha value is -1.32. The molecule has 100 valence electrons. The lowest BCUT2D eigenvalue weighted by atomic mass is 9.89. The van der Waals surface area contributed by atoms with Crippen molar-refractivity contribution in [2.75, 3.05) is 5.32 Å². The second-order valence-electron chi connectivity index (χ2n) is 5.57. The number of aromatic nitrogens is 2. The SMILES string of the molecule is CC(C)Nc1cnn(CC2CCCCC2)c(=O)c1. The van der Waals surface area contributed by atoms with Crippen molar-refractivity contribution in [3.05, 3.63) is 22.6 Å². The van der Waals surface area contributed by atoms with Crippen LogP contribution in [-0.4, -0.2) is 15.8 Å². The maximum Gasteiger partial charge on any atom is 0.268 e. The molecule has 0 aliphatic heterocycles. The van der Waals surface area contributed by atoms with Crippen LogP contribution in [0.25, 0.3) is 0 Å².